The quantitative estimate of drug-likeness (QED) is 0.834. The first-order chi connectivity index (χ1) is 8.58. The summed E-state index contributed by atoms with van der Waals surface area (Å²) in [4.78, 5) is 11.7. The molecule has 2 N–H and O–H groups in total. The highest BCUT2D eigenvalue weighted by Gasteiger charge is 2.36. The summed E-state index contributed by atoms with van der Waals surface area (Å²) in [5, 5.41) is 11.2. The Labute approximate surface area is 107 Å². The fourth-order valence-corrected chi connectivity index (χ4v) is 1.34. The molecule has 0 heterocycles. The number of nitrogens with one attached hydrogen (secondary N) is 1. The molecule has 0 radical (unpaired) electrons. The van der Waals surface area contributed by atoms with Crippen molar-refractivity contribution in [1.82, 2.24) is 5.32 Å². The summed E-state index contributed by atoms with van der Waals surface area (Å²) >= 11 is 0. The second-order valence-electron chi connectivity index (χ2n) is 4.66. The van der Waals surface area contributed by atoms with Gasteiger partial charge in [-0.1, -0.05) is 6.07 Å². The molecule has 106 valence electrons. The Morgan fingerprint density at radius 1 is 1.32 bits per heavy atom. The number of hydrogen-bond acceptors (Lipinski definition) is 2. The van der Waals surface area contributed by atoms with E-state index in [4.69, 9.17) is 5.11 Å². The summed E-state index contributed by atoms with van der Waals surface area (Å²) in [5.41, 5.74) is -3.27. The van der Waals surface area contributed by atoms with Crippen LogP contribution in [0.15, 0.2) is 18.2 Å². The SMILES string of the molecule is CC(C)(CO)NC(=O)c1cccc(C(F)(F)F)c1F. The van der Waals surface area contributed by atoms with Gasteiger partial charge in [0.05, 0.1) is 23.3 Å². The van der Waals surface area contributed by atoms with Crippen LogP contribution in [0.3, 0.4) is 0 Å². The molecule has 19 heavy (non-hydrogen) atoms. The lowest BCUT2D eigenvalue weighted by atomic mass is 10.0. The van der Waals surface area contributed by atoms with Gasteiger partial charge in [-0.25, -0.2) is 4.39 Å². The minimum Gasteiger partial charge on any atom is -0.394 e. The van der Waals surface area contributed by atoms with Crippen LogP contribution < -0.4 is 5.32 Å². The third kappa shape index (κ3) is 3.66. The number of alkyl halides is 3. The molecule has 1 aromatic rings. The summed E-state index contributed by atoms with van der Waals surface area (Å²) in [6.07, 6.45) is -4.87. The van der Waals surface area contributed by atoms with Crippen molar-refractivity contribution in [3.63, 3.8) is 0 Å². The van der Waals surface area contributed by atoms with Gasteiger partial charge >= 0.3 is 6.18 Å². The van der Waals surface area contributed by atoms with Gasteiger partial charge < -0.3 is 10.4 Å². The van der Waals surface area contributed by atoms with Crippen LogP contribution in [-0.4, -0.2) is 23.2 Å². The van der Waals surface area contributed by atoms with E-state index in [-0.39, 0.29) is 0 Å². The molecule has 7 heteroatoms. The lowest BCUT2D eigenvalue weighted by Gasteiger charge is -2.23. The second-order valence-corrected chi connectivity index (χ2v) is 4.66. The molecule has 0 aliphatic rings. The number of halogens is 4. The number of aliphatic hydroxyl groups is 1. The molecular weight excluding hydrogens is 266 g/mol. The Bertz CT molecular complexity index is 483. The van der Waals surface area contributed by atoms with Crippen molar-refractivity contribution in [2.75, 3.05) is 6.61 Å². The monoisotopic (exact) mass is 279 g/mol. The van der Waals surface area contributed by atoms with Crippen LogP contribution in [0.4, 0.5) is 17.6 Å². The molecule has 1 rings (SSSR count). The Morgan fingerprint density at radius 2 is 1.89 bits per heavy atom. The molecule has 0 spiro atoms. The average Bonchev–Trinajstić information content (AvgIpc) is 2.27. The van der Waals surface area contributed by atoms with Crippen LogP contribution in [0.2, 0.25) is 0 Å². The van der Waals surface area contributed by atoms with Crippen LogP contribution in [0.5, 0.6) is 0 Å². The van der Waals surface area contributed by atoms with Crippen LogP contribution >= 0.6 is 0 Å². The van der Waals surface area contributed by atoms with Gasteiger partial charge in [0.1, 0.15) is 5.82 Å². The molecule has 0 saturated heterocycles. The number of rotatable bonds is 3. The molecule has 0 fully saturated rings. The van der Waals surface area contributed by atoms with Crippen molar-refractivity contribution >= 4 is 5.91 Å². The van der Waals surface area contributed by atoms with Crippen molar-refractivity contribution in [2.24, 2.45) is 0 Å². The molecule has 1 amide bonds. The predicted octanol–water partition coefficient (Wildman–Crippen LogP) is 2.35. The third-order valence-corrected chi connectivity index (χ3v) is 2.40. The highest BCUT2D eigenvalue weighted by atomic mass is 19.4. The van der Waals surface area contributed by atoms with Crippen molar-refractivity contribution in [1.29, 1.82) is 0 Å². The molecule has 0 aliphatic carbocycles. The summed E-state index contributed by atoms with van der Waals surface area (Å²) in [7, 11) is 0. The van der Waals surface area contributed by atoms with Crippen LogP contribution in [0.1, 0.15) is 29.8 Å². The number of aliphatic hydroxyl groups excluding tert-OH is 1. The van der Waals surface area contributed by atoms with E-state index in [1.54, 1.807) is 0 Å². The number of carbonyl (C=O) groups is 1. The Kier molecular flexibility index (Phi) is 4.19. The maximum absolute atomic E-state index is 13.7. The van der Waals surface area contributed by atoms with Gasteiger partial charge in [-0.3, -0.25) is 4.79 Å². The Balaban J connectivity index is 3.13. The van der Waals surface area contributed by atoms with E-state index in [0.717, 1.165) is 12.1 Å². The zero-order chi connectivity index (χ0) is 14.8. The van der Waals surface area contributed by atoms with E-state index in [1.807, 2.05) is 0 Å². The summed E-state index contributed by atoms with van der Waals surface area (Å²) in [6, 6.07) is 2.46. The van der Waals surface area contributed by atoms with Crippen molar-refractivity contribution in [3.8, 4) is 0 Å². The van der Waals surface area contributed by atoms with Crippen LogP contribution in [0, 0.1) is 5.82 Å². The topological polar surface area (TPSA) is 49.3 Å². The fraction of sp³-hybridized carbons (Fsp3) is 0.417. The van der Waals surface area contributed by atoms with Gasteiger partial charge in [-0.2, -0.15) is 13.2 Å². The first-order valence-electron chi connectivity index (χ1n) is 5.37. The number of amides is 1. The minimum absolute atomic E-state index is 0.431. The molecule has 0 aromatic heterocycles. The fourth-order valence-electron chi connectivity index (χ4n) is 1.34. The molecule has 1 aromatic carbocycles. The summed E-state index contributed by atoms with van der Waals surface area (Å²) in [6.45, 7) is 2.48. The van der Waals surface area contributed by atoms with Crippen LogP contribution in [-0.2, 0) is 6.18 Å². The third-order valence-electron chi connectivity index (χ3n) is 2.40. The predicted molar refractivity (Wildman–Crippen MR) is 60.0 cm³/mol. The van der Waals surface area contributed by atoms with E-state index in [9.17, 15) is 22.4 Å². The highest BCUT2D eigenvalue weighted by molar-refractivity contribution is 5.95. The van der Waals surface area contributed by atoms with Gasteiger partial charge in [-0.05, 0) is 26.0 Å². The largest absolute Gasteiger partial charge is 0.419 e. The highest BCUT2D eigenvalue weighted by Crippen LogP contribution is 2.32. The lowest BCUT2D eigenvalue weighted by Crippen LogP contribution is -2.46. The zero-order valence-electron chi connectivity index (χ0n) is 10.3. The Morgan fingerprint density at radius 3 is 2.37 bits per heavy atom. The van der Waals surface area contributed by atoms with E-state index in [1.165, 1.54) is 13.8 Å². The first-order valence-corrected chi connectivity index (χ1v) is 5.37. The van der Waals surface area contributed by atoms with Gasteiger partial charge in [0, 0.05) is 0 Å². The summed E-state index contributed by atoms with van der Waals surface area (Å²) in [5.74, 6) is -2.64. The maximum atomic E-state index is 13.7. The molecule has 0 saturated carbocycles. The van der Waals surface area contributed by atoms with E-state index < -0.39 is 41.2 Å². The molecule has 0 bridgehead atoms. The maximum Gasteiger partial charge on any atom is 0.419 e. The molecule has 0 unspecified atom stereocenters. The van der Waals surface area contributed by atoms with Crippen molar-refractivity contribution in [2.45, 2.75) is 25.6 Å². The number of hydrogen-bond donors (Lipinski definition) is 2. The molecule has 0 atom stereocenters. The van der Waals surface area contributed by atoms with Crippen molar-refractivity contribution in [3.05, 3.63) is 35.1 Å². The molecular formula is C12H13F4NO2. The second kappa shape index (κ2) is 5.16. The Hall–Kier alpha value is -1.63. The number of benzene rings is 1. The standard InChI is InChI=1S/C12H13F4NO2/c1-11(2,6-18)17-10(19)7-4-3-5-8(9(7)13)12(14,15)16/h3-5,18H,6H2,1-2H3,(H,17,19). The smallest absolute Gasteiger partial charge is 0.394 e. The average molecular weight is 279 g/mol. The molecule has 3 nitrogen and oxygen atoms in total. The number of carbonyl (C=O) groups excluding carboxylic acids is 1. The van der Waals surface area contributed by atoms with Gasteiger partial charge in [0.25, 0.3) is 5.91 Å². The van der Waals surface area contributed by atoms with Gasteiger partial charge in [0.15, 0.2) is 0 Å². The van der Waals surface area contributed by atoms with E-state index in [2.05, 4.69) is 5.32 Å². The van der Waals surface area contributed by atoms with Gasteiger partial charge in [0.2, 0.25) is 0 Å². The van der Waals surface area contributed by atoms with Gasteiger partial charge in [-0.15, -0.1) is 0 Å². The summed E-state index contributed by atoms with van der Waals surface area (Å²) < 4.78 is 51.1. The normalized spacial score (nSPS) is 12.4. The zero-order valence-corrected chi connectivity index (χ0v) is 10.3. The molecule has 0 aliphatic heterocycles. The first kappa shape index (κ1) is 15.4. The van der Waals surface area contributed by atoms with Crippen molar-refractivity contribution < 1.29 is 27.5 Å². The van der Waals surface area contributed by atoms with E-state index in [0.29, 0.717) is 6.07 Å². The van der Waals surface area contributed by atoms with E-state index >= 15 is 0 Å². The minimum atomic E-state index is -4.87. The van der Waals surface area contributed by atoms with Crippen LogP contribution in [0.25, 0.3) is 0 Å². The lowest BCUT2D eigenvalue weighted by molar-refractivity contribution is -0.140.